The molecular weight excluding hydrogens is 507 g/mol. The molecule has 0 amide bonds. The predicted octanol–water partition coefficient (Wildman–Crippen LogP) is 5.59. The number of carbonyl (C=O) groups excluding carboxylic acids is 1. The fraction of sp³-hybridized carbons (Fsp3) is 0.136. The molecule has 0 aliphatic heterocycles. The number of hydrogen-bond acceptors (Lipinski definition) is 2. The van der Waals surface area contributed by atoms with Gasteiger partial charge in [-0.25, -0.2) is 11.1 Å². The molecule has 0 unspecified atom stereocenters. The summed E-state index contributed by atoms with van der Waals surface area (Å²) in [7, 11) is 0. The van der Waals surface area contributed by atoms with Crippen LogP contribution in [0.4, 0.5) is 4.39 Å². The molecule has 0 aliphatic carbocycles. The first-order valence-electron chi connectivity index (χ1n) is 7.84. The van der Waals surface area contributed by atoms with Crippen LogP contribution in [-0.4, -0.2) is 10.9 Å². The molecule has 3 rings (SSSR count). The zero-order valence-corrected chi connectivity index (χ0v) is 17.2. The number of aryl methyl sites for hydroxylation is 1. The van der Waals surface area contributed by atoms with E-state index in [-0.39, 0.29) is 37.5 Å². The normalized spacial score (nSPS) is 10.5. The first-order valence-corrected chi connectivity index (χ1v) is 7.84. The summed E-state index contributed by atoms with van der Waals surface area (Å²) < 4.78 is 13.3. The van der Waals surface area contributed by atoms with Crippen LogP contribution >= 0.6 is 0 Å². The maximum atomic E-state index is 13.3. The van der Waals surface area contributed by atoms with Gasteiger partial charge in [0.15, 0.2) is 5.78 Å². The Morgan fingerprint density at radius 1 is 1.15 bits per heavy atom. The molecule has 0 fully saturated rings. The smallest absolute Gasteiger partial charge is 0.155 e. The van der Waals surface area contributed by atoms with Crippen molar-refractivity contribution in [1.82, 2.24) is 0 Å². The van der Waals surface area contributed by atoms with Crippen molar-refractivity contribution >= 4 is 16.6 Å². The van der Waals surface area contributed by atoms with Crippen molar-refractivity contribution in [2.45, 2.75) is 20.8 Å². The van der Waals surface area contributed by atoms with Gasteiger partial charge < -0.3 is 5.11 Å². The quantitative estimate of drug-likeness (QED) is 0.269. The number of halogens is 1. The van der Waals surface area contributed by atoms with E-state index in [4.69, 9.17) is 5.11 Å². The third-order valence-electron chi connectivity index (χ3n) is 3.49. The van der Waals surface area contributed by atoms with E-state index in [9.17, 15) is 9.18 Å². The Labute approximate surface area is 166 Å². The minimum absolute atomic E-state index is 0. The average molecular weight is 527 g/mol. The Bertz CT molecular complexity index is 923. The molecule has 0 bridgehead atoms. The van der Waals surface area contributed by atoms with Crippen molar-refractivity contribution in [2.24, 2.45) is 0 Å². The topological polar surface area (TPSA) is 37.3 Å². The largest absolute Gasteiger partial charge is 0.512 e. The molecule has 3 aromatic carbocycles. The van der Waals surface area contributed by atoms with E-state index in [1.54, 1.807) is 6.92 Å². The number of benzene rings is 3. The SMILES string of the molecule is CC(=O)/C=C(/C)O.Cc1cc(-c2[c-]ccc3ccccc23)[c-]cc1F.[Ir]. The molecule has 3 aromatic rings. The summed E-state index contributed by atoms with van der Waals surface area (Å²) in [6.45, 7) is 4.61. The Morgan fingerprint density at radius 3 is 2.42 bits per heavy atom. The predicted molar refractivity (Wildman–Crippen MR) is 98.8 cm³/mol. The molecule has 0 aromatic heterocycles. The number of hydrogen-bond donors (Lipinski definition) is 1. The van der Waals surface area contributed by atoms with E-state index in [2.05, 4.69) is 18.2 Å². The first kappa shape index (κ1) is 21.8. The Morgan fingerprint density at radius 2 is 1.85 bits per heavy atom. The second-order valence-electron chi connectivity index (χ2n) is 5.71. The fourth-order valence-electron chi connectivity index (χ4n) is 2.41. The van der Waals surface area contributed by atoms with Crippen molar-refractivity contribution in [2.75, 3.05) is 0 Å². The summed E-state index contributed by atoms with van der Waals surface area (Å²) in [5, 5.41) is 10.6. The number of rotatable bonds is 2. The summed E-state index contributed by atoms with van der Waals surface area (Å²) in [6, 6.07) is 21.4. The average Bonchev–Trinajstić information content (AvgIpc) is 2.56. The monoisotopic (exact) mass is 527 g/mol. The van der Waals surface area contributed by atoms with Crippen LogP contribution in [-0.2, 0) is 24.9 Å². The van der Waals surface area contributed by atoms with E-state index < -0.39 is 0 Å². The maximum Gasteiger partial charge on any atom is 0.155 e. The van der Waals surface area contributed by atoms with Gasteiger partial charge in [-0.15, -0.1) is 34.5 Å². The molecule has 0 saturated heterocycles. The van der Waals surface area contributed by atoms with Crippen molar-refractivity contribution in [1.29, 1.82) is 0 Å². The van der Waals surface area contributed by atoms with Gasteiger partial charge in [-0.2, -0.15) is 24.3 Å². The molecule has 0 atom stereocenters. The summed E-state index contributed by atoms with van der Waals surface area (Å²) in [5.74, 6) is -0.286. The molecule has 1 radical (unpaired) electrons. The molecule has 4 heteroatoms. The van der Waals surface area contributed by atoms with Gasteiger partial charge in [0.05, 0.1) is 5.76 Å². The van der Waals surface area contributed by atoms with E-state index in [0.29, 0.717) is 5.56 Å². The Kier molecular flexibility index (Phi) is 8.37. The molecule has 0 spiro atoms. The van der Waals surface area contributed by atoms with Crippen molar-refractivity contribution in [3.8, 4) is 11.1 Å². The van der Waals surface area contributed by atoms with Gasteiger partial charge >= 0.3 is 0 Å². The van der Waals surface area contributed by atoms with E-state index in [0.717, 1.165) is 21.9 Å². The van der Waals surface area contributed by atoms with Crippen molar-refractivity contribution < 1.29 is 34.4 Å². The molecule has 1 N–H and O–H groups in total. The fourth-order valence-corrected chi connectivity index (χ4v) is 2.41. The Hall–Kier alpha value is -2.29. The van der Waals surface area contributed by atoms with E-state index in [1.165, 1.54) is 26.0 Å². The van der Waals surface area contributed by atoms with Gasteiger partial charge in [0.1, 0.15) is 0 Å². The van der Waals surface area contributed by atoms with Gasteiger partial charge in [-0.1, -0.05) is 25.1 Å². The van der Waals surface area contributed by atoms with Gasteiger partial charge in [0, 0.05) is 32.0 Å². The first-order chi connectivity index (χ1) is 11.9. The van der Waals surface area contributed by atoms with Crippen LogP contribution in [0.3, 0.4) is 0 Å². The van der Waals surface area contributed by atoms with Crippen LogP contribution in [0.15, 0.2) is 60.4 Å². The maximum absolute atomic E-state index is 13.3. The molecule has 2 nitrogen and oxygen atoms in total. The summed E-state index contributed by atoms with van der Waals surface area (Å²) in [4.78, 5) is 10.0. The van der Waals surface area contributed by atoms with Crippen molar-refractivity contribution in [3.05, 3.63) is 83.9 Å². The van der Waals surface area contributed by atoms with E-state index in [1.807, 2.05) is 36.4 Å². The van der Waals surface area contributed by atoms with Crippen LogP contribution < -0.4 is 0 Å². The molecule has 26 heavy (non-hydrogen) atoms. The van der Waals surface area contributed by atoms with Gasteiger partial charge in [0.2, 0.25) is 0 Å². The van der Waals surface area contributed by atoms with Crippen LogP contribution in [0.5, 0.6) is 0 Å². The number of allylic oxidation sites excluding steroid dienone is 2. The standard InChI is InChI=1S/C17H11F.C5H8O2.Ir/c1-12-11-14(9-10-17(12)18)16-8-4-6-13-5-2-3-7-15(13)16;1-4(6)3-5(2)7;/h2-7,10-11H,1H3;3,6H,1-2H3;/q-2;;/b;4-3-;. The van der Waals surface area contributed by atoms with Gasteiger partial charge in [-0.3, -0.25) is 9.18 Å². The molecule has 137 valence electrons. The second-order valence-corrected chi connectivity index (χ2v) is 5.71. The molecule has 0 heterocycles. The van der Waals surface area contributed by atoms with Crippen molar-refractivity contribution in [3.63, 3.8) is 0 Å². The number of fused-ring (bicyclic) bond motifs is 1. The summed E-state index contributed by atoms with van der Waals surface area (Å²) in [6.07, 6.45) is 1.17. The van der Waals surface area contributed by atoms with Crippen LogP contribution in [0.1, 0.15) is 19.4 Å². The molecule has 0 saturated carbocycles. The van der Waals surface area contributed by atoms with E-state index >= 15 is 0 Å². The minimum atomic E-state index is -0.223. The van der Waals surface area contributed by atoms with Crippen LogP contribution in [0, 0.1) is 24.9 Å². The molecule has 0 aliphatic rings. The van der Waals surface area contributed by atoms with Crippen LogP contribution in [0.2, 0.25) is 0 Å². The van der Waals surface area contributed by atoms with Crippen LogP contribution in [0.25, 0.3) is 21.9 Å². The number of aliphatic hydroxyl groups excluding tert-OH is 1. The summed E-state index contributed by atoms with van der Waals surface area (Å²) in [5.41, 5.74) is 2.48. The molecular formula is C22H19FIrO2-2. The second kappa shape index (κ2) is 10.0. The zero-order chi connectivity index (χ0) is 18.4. The minimum Gasteiger partial charge on any atom is -0.512 e. The third-order valence-corrected chi connectivity index (χ3v) is 3.49. The van der Waals surface area contributed by atoms with Gasteiger partial charge in [-0.05, 0) is 13.8 Å². The number of ketones is 1. The summed E-state index contributed by atoms with van der Waals surface area (Å²) >= 11 is 0. The Balaban J connectivity index is 0.000000366. The third kappa shape index (κ3) is 5.90. The number of carbonyl (C=O) groups is 1. The zero-order valence-electron chi connectivity index (χ0n) is 14.8. The number of aliphatic hydroxyl groups is 1. The van der Waals surface area contributed by atoms with Gasteiger partial charge in [0.25, 0.3) is 0 Å².